The zero-order valence-corrected chi connectivity index (χ0v) is 12.1. The van der Waals surface area contributed by atoms with Crippen LogP contribution in [0.1, 0.15) is 11.1 Å². The third-order valence-electron chi connectivity index (χ3n) is 4.63. The maximum atomic E-state index is 2.35. The molecule has 0 aromatic heterocycles. The Morgan fingerprint density at radius 2 is 1.24 bits per heavy atom. The summed E-state index contributed by atoms with van der Waals surface area (Å²) in [4.78, 5) is 0. The lowest BCUT2D eigenvalue weighted by Crippen LogP contribution is -2.42. The van der Waals surface area contributed by atoms with E-state index in [-0.39, 0.29) is 0 Å². The van der Waals surface area contributed by atoms with Crippen LogP contribution in [0.15, 0.2) is 6.07 Å². The van der Waals surface area contributed by atoms with Gasteiger partial charge >= 0.3 is 0 Å². The van der Waals surface area contributed by atoms with Crippen LogP contribution in [0, 0.1) is 13.8 Å². The highest BCUT2D eigenvalue weighted by Crippen LogP contribution is 2.10. The highest BCUT2D eigenvalue weighted by Gasteiger charge is 2.12. The van der Waals surface area contributed by atoms with Gasteiger partial charge in [-0.25, -0.2) is 0 Å². The van der Waals surface area contributed by atoms with E-state index in [0.717, 1.165) is 0 Å². The van der Waals surface area contributed by atoms with Gasteiger partial charge in [0.2, 0.25) is 0 Å². The lowest BCUT2D eigenvalue weighted by atomic mass is 9.65. The van der Waals surface area contributed by atoms with Crippen LogP contribution in [0.2, 0.25) is 0 Å². The zero-order valence-electron chi connectivity index (χ0n) is 12.1. The third kappa shape index (κ3) is 1.67. The second-order valence-electron chi connectivity index (χ2n) is 5.37. The van der Waals surface area contributed by atoms with Gasteiger partial charge in [0.05, 0.1) is 0 Å². The molecule has 0 saturated carbocycles. The summed E-state index contributed by atoms with van der Waals surface area (Å²) in [6.07, 6.45) is 0. The smallest absolute Gasteiger partial charge is 0.101 e. The van der Waals surface area contributed by atoms with Gasteiger partial charge in [-0.3, -0.25) is 0 Å². The maximum absolute atomic E-state index is 2.35. The van der Waals surface area contributed by atoms with E-state index in [4.69, 9.17) is 0 Å². The molecule has 2 aromatic rings. The summed E-state index contributed by atoms with van der Waals surface area (Å²) in [5.41, 5.74) is 10.1. The van der Waals surface area contributed by atoms with Crippen molar-refractivity contribution in [1.29, 1.82) is 0 Å². The topological polar surface area (TPSA) is 0 Å². The van der Waals surface area contributed by atoms with Crippen molar-refractivity contribution in [2.45, 2.75) is 13.8 Å². The summed E-state index contributed by atoms with van der Waals surface area (Å²) in [5.74, 6) is 0. The first-order chi connectivity index (χ1) is 7.86. The van der Waals surface area contributed by atoms with Gasteiger partial charge in [-0.2, -0.15) is 0 Å². The molecule has 2 aromatic carbocycles. The number of benzene rings is 2. The van der Waals surface area contributed by atoms with Crippen molar-refractivity contribution in [3.05, 3.63) is 17.2 Å². The molecule has 0 saturated heterocycles. The van der Waals surface area contributed by atoms with Crippen LogP contribution in [0.3, 0.4) is 0 Å². The minimum Gasteiger partial charge on any atom is -0.101 e. The first kappa shape index (κ1) is 12.5. The van der Waals surface area contributed by atoms with Crippen molar-refractivity contribution in [3.8, 4) is 0 Å². The van der Waals surface area contributed by atoms with E-state index in [1.165, 1.54) is 49.2 Å². The second kappa shape index (κ2) is 4.05. The molecule has 0 N–H and O–H groups in total. The molecule has 0 nitrogen and oxygen atoms in total. The van der Waals surface area contributed by atoms with E-state index in [1.54, 1.807) is 0 Å². The zero-order chi connectivity index (χ0) is 12.9. The van der Waals surface area contributed by atoms with Crippen molar-refractivity contribution in [1.82, 2.24) is 0 Å². The molecule has 17 heavy (non-hydrogen) atoms. The van der Waals surface area contributed by atoms with Crippen LogP contribution in [0.4, 0.5) is 0 Å². The van der Waals surface area contributed by atoms with Crippen LogP contribution in [0.25, 0.3) is 10.8 Å². The van der Waals surface area contributed by atoms with Gasteiger partial charge in [0, 0.05) is 0 Å². The molecular weight excluding hydrogens is 198 g/mol. The lowest BCUT2D eigenvalue weighted by Gasteiger charge is -2.19. The monoisotopic (exact) mass is 216 g/mol. The van der Waals surface area contributed by atoms with Gasteiger partial charge in [0.1, 0.15) is 39.2 Å². The standard InChI is InChI=1S/C12H17B5/c1-4-5(2)10(15)8-6(9(4)14)3-7(13)11(16)12(8)17/h3H,13-17H2,1-2H3. The van der Waals surface area contributed by atoms with Crippen LogP contribution in [-0.4, -0.2) is 39.2 Å². The van der Waals surface area contributed by atoms with Gasteiger partial charge in [-0.1, -0.05) is 39.0 Å². The summed E-state index contributed by atoms with van der Waals surface area (Å²) < 4.78 is 0. The molecule has 0 heterocycles. The largest absolute Gasteiger partial charge is 0.140 e. The molecule has 0 fully saturated rings. The molecule has 0 atom stereocenters. The van der Waals surface area contributed by atoms with Crippen molar-refractivity contribution in [2.75, 3.05) is 0 Å². The molecule has 0 radical (unpaired) electrons. The van der Waals surface area contributed by atoms with Crippen molar-refractivity contribution < 1.29 is 0 Å². The summed E-state index contributed by atoms with van der Waals surface area (Å²) in [6.45, 7) is 4.48. The van der Waals surface area contributed by atoms with Crippen molar-refractivity contribution >= 4 is 77.3 Å². The van der Waals surface area contributed by atoms with Gasteiger partial charge in [-0.05, 0) is 24.6 Å². The quantitative estimate of drug-likeness (QED) is 0.385. The first-order valence-corrected chi connectivity index (χ1v) is 6.33. The van der Waals surface area contributed by atoms with Gasteiger partial charge in [-0.15, -0.1) is 5.46 Å². The fourth-order valence-corrected chi connectivity index (χ4v) is 2.81. The molecule has 0 spiro atoms. The molecule has 0 unspecified atom stereocenters. The number of rotatable bonds is 0. The fraction of sp³-hybridized carbons (Fsp3) is 0.167. The van der Waals surface area contributed by atoms with Gasteiger partial charge in [0.15, 0.2) is 0 Å². The average molecular weight is 215 g/mol. The minimum absolute atomic E-state index is 1.40. The van der Waals surface area contributed by atoms with E-state index >= 15 is 0 Å². The van der Waals surface area contributed by atoms with Crippen molar-refractivity contribution in [3.63, 3.8) is 0 Å². The highest BCUT2D eigenvalue weighted by atomic mass is 14.1. The molecule has 0 amide bonds. The fourth-order valence-electron chi connectivity index (χ4n) is 2.81. The lowest BCUT2D eigenvalue weighted by molar-refractivity contribution is 1.41. The molecular formula is C12H17B5. The van der Waals surface area contributed by atoms with Crippen LogP contribution in [0.5, 0.6) is 0 Å². The Morgan fingerprint density at radius 3 is 1.82 bits per heavy atom. The third-order valence-corrected chi connectivity index (χ3v) is 4.63. The summed E-state index contributed by atoms with van der Waals surface area (Å²) in [5, 5.41) is 2.90. The Labute approximate surface area is 109 Å². The van der Waals surface area contributed by atoms with Crippen LogP contribution < -0.4 is 27.3 Å². The van der Waals surface area contributed by atoms with Gasteiger partial charge in [0.25, 0.3) is 0 Å². The van der Waals surface area contributed by atoms with E-state index in [0.29, 0.717) is 0 Å². The van der Waals surface area contributed by atoms with E-state index in [1.807, 2.05) is 0 Å². The average Bonchev–Trinajstić information content (AvgIpc) is 2.30. The Kier molecular flexibility index (Phi) is 2.97. The maximum Gasteiger partial charge on any atom is 0.140 e. The van der Waals surface area contributed by atoms with E-state index < -0.39 is 0 Å². The van der Waals surface area contributed by atoms with E-state index in [2.05, 4.69) is 59.1 Å². The van der Waals surface area contributed by atoms with E-state index in [9.17, 15) is 0 Å². The minimum atomic E-state index is 1.40. The van der Waals surface area contributed by atoms with Gasteiger partial charge < -0.3 is 0 Å². The second-order valence-corrected chi connectivity index (χ2v) is 5.37. The summed E-state index contributed by atoms with van der Waals surface area (Å²) >= 11 is 0. The predicted molar refractivity (Wildman–Crippen MR) is 94.3 cm³/mol. The predicted octanol–water partition coefficient (Wildman–Crippen LogP) is -5.25. The Balaban J connectivity index is 3.12. The highest BCUT2D eigenvalue weighted by molar-refractivity contribution is 6.63. The normalized spacial score (nSPS) is 10.9. The van der Waals surface area contributed by atoms with Crippen molar-refractivity contribution in [2.24, 2.45) is 0 Å². The number of fused-ring (bicyclic) bond motifs is 1. The molecule has 5 heteroatoms. The Hall–Kier alpha value is -0.975. The number of hydrogen-bond acceptors (Lipinski definition) is 0. The van der Waals surface area contributed by atoms with Crippen LogP contribution in [-0.2, 0) is 0 Å². The first-order valence-electron chi connectivity index (χ1n) is 6.33. The Morgan fingerprint density at radius 1 is 0.706 bits per heavy atom. The molecule has 0 aliphatic heterocycles. The van der Waals surface area contributed by atoms with Crippen LogP contribution >= 0.6 is 0 Å². The molecule has 0 aliphatic rings. The summed E-state index contributed by atoms with van der Waals surface area (Å²) in [6, 6.07) is 2.35. The molecule has 0 aliphatic carbocycles. The Bertz CT molecular complexity index is 623. The SMILES string of the molecule is Bc1cc2c(B)c(C)c(C)c(B)c2c(B)c1B. The molecule has 0 bridgehead atoms. The summed E-state index contributed by atoms with van der Waals surface area (Å²) in [7, 11) is 11.2. The molecule has 80 valence electrons. The number of hydrogen-bond donors (Lipinski definition) is 0. The molecule has 2 rings (SSSR count).